The standard InChI is InChI=1S/C15H19N3O3/c1-4-6-11(5-2)16-14(19)17-12-7-9-13(10-8-12)18-15(20)21-3/h1,7-11H,5-6H2,2-3H3,(H,18,20)(H2,16,17,19)/t11-/m1/s1. The van der Waals surface area contributed by atoms with E-state index in [1.54, 1.807) is 24.3 Å². The molecule has 112 valence electrons. The minimum absolute atomic E-state index is 0.0461. The first-order chi connectivity index (χ1) is 10.1. The van der Waals surface area contributed by atoms with Crippen LogP contribution in [-0.2, 0) is 4.74 Å². The number of hydrogen-bond donors (Lipinski definition) is 3. The topological polar surface area (TPSA) is 79.5 Å². The highest BCUT2D eigenvalue weighted by atomic mass is 16.5. The van der Waals surface area contributed by atoms with E-state index >= 15 is 0 Å². The second-order valence-corrected chi connectivity index (χ2v) is 4.31. The molecule has 1 rings (SSSR count). The van der Waals surface area contributed by atoms with Crippen LogP contribution in [0.5, 0.6) is 0 Å². The van der Waals surface area contributed by atoms with Crippen LogP contribution in [0.1, 0.15) is 19.8 Å². The molecule has 6 nitrogen and oxygen atoms in total. The van der Waals surface area contributed by atoms with Crippen molar-refractivity contribution in [2.45, 2.75) is 25.8 Å². The molecule has 1 aromatic carbocycles. The van der Waals surface area contributed by atoms with Crippen LogP contribution < -0.4 is 16.0 Å². The number of urea groups is 1. The van der Waals surface area contributed by atoms with Gasteiger partial charge in [-0.1, -0.05) is 6.92 Å². The Morgan fingerprint density at radius 3 is 2.29 bits per heavy atom. The molecule has 0 unspecified atom stereocenters. The maximum Gasteiger partial charge on any atom is 0.411 e. The first-order valence-corrected chi connectivity index (χ1v) is 6.55. The van der Waals surface area contributed by atoms with Crippen LogP contribution in [0.15, 0.2) is 24.3 Å². The molecule has 0 aliphatic heterocycles. The first-order valence-electron chi connectivity index (χ1n) is 6.55. The third-order valence-electron chi connectivity index (χ3n) is 2.77. The summed E-state index contributed by atoms with van der Waals surface area (Å²) in [4.78, 5) is 22.8. The van der Waals surface area contributed by atoms with Gasteiger partial charge in [-0.2, -0.15) is 0 Å². The normalized spacial score (nSPS) is 10.9. The van der Waals surface area contributed by atoms with Gasteiger partial charge in [-0.15, -0.1) is 12.3 Å². The fourth-order valence-electron chi connectivity index (χ4n) is 1.60. The Bertz CT molecular complexity index is 520. The summed E-state index contributed by atoms with van der Waals surface area (Å²) < 4.78 is 4.48. The maximum absolute atomic E-state index is 11.8. The molecule has 0 bridgehead atoms. The van der Waals surface area contributed by atoms with E-state index in [-0.39, 0.29) is 12.1 Å². The van der Waals surface area contributed by atoms with Crippen molar-refractivity contribution in [3.63, 3.8) is 0 Å². The second-order valence-electron chi connectivity index (χ2n) is 4.31. The zero-order valence-electron chi connectivity index (χ0n) is 12.1. The molecule has 0 heterocycles. The molecule has 0 aliphatic carbocycles. The van der Waals surface area contributed by atoms with Gasteiger partial charge in [0.1, 0.15) is 0 Å². The molecule has 0 aromatic heterocycles. The molecule has 6 heteroatoms. The SMILES string of the molecule is C#CC[C@@H](CC)NC(=O)Nc1ccc(NC(=O)OC)cc1. The molecule has 0 fully saturated rings. The van der Waals surface area contributed by atoms with Crippen LogP contribution in [0.25, 0.3) is 0 Å². The molecule has 0 aliphatic rings. The van der Waals surface area contributed by atoms with Gasteiger partial charge in [-0.05, 0) is 30.7 Å². The van der Waals surface area contributed by atoms with Gasteiger partial charge in [0, 0.05) is 23.8 Å². The number of nitrogens with one attached hydrogen (secondary N) is 3. The third kappa shape index (κ3) is 5.87. The van der Waals surface area contributed by atoms with Crippen LogP contribution in [0.4, 0.5) is 21.0 Å². The zero-order chi connectivity index (χ0) is 15.7. The van der Waals surface area contributed by atoms with Gasteiger partial charge >= 0.3 is 12.1 Å². The smallest absolute Gasteiger partial charge is 0.411 e. The summed E-state index contributed by atoms with van der Waals surface area (Å²) >= 11 is 0. The highest BCUT2D eigenvalue weighted by Crippen LogP contribution is 2.13. The van der Waals surface area contributed by atoms with Gasteiger partial charge in [-0.3, -0.25) is 5.32 Å². The molecule has 3 amide bonds. The Hall–Kier alpha value is -2.68. The van der Waals surface area contributed by atoms with E-state index in [0.29, 0.717) is 17.8 Å². The number of carbonyl (C=O) groups excluding carboxylic acids is 2. The lowest BCUT2D eigenvalue weighted by Gasteiger charge is -2.15. The molecule has 1 atom stereocenters. The lowest BCUT2D eigenvalue weighted by atomic mass is 10.1. The van der Waals surface area contributed by atoms with Crippen LogP contribution in [0.3, 0.4) is 0 Å². The van der Waals surface area contributed by atoms with Crippen molar-refractivity contribution in [1.82, 2.24) is 5.32 Å². The number of ether oxygens (including phenoxy) is 1. The van der Waals surface area contributed by atoms with Gasteiger partial charge in [-0.25, -0.2) is 9.59 Å². The van der Waals surface area contributed by atoms with Crippen molar-refractivity contribution in [2.24, 2.45) is 0 Å². The van der Waals surface area contributed by atoms with E-state index in [9.17, 15) is 9.59 Å². The Labute approximate surface area is 124 Å². The summed E-state index contributed by atoms with van der Waals surface area (Å²) in [5.41, 5.74) is 1.19. The van der Waals surface area contributed by atoms with Crippen molar-refractivity contribution in [3.8, 4) is 12.3 Å². The summed E-state index contributed by atoms with van der Waals surface area (Å²) in [6.45, 7) is 1.95. The molecule has 3 N–H and O–H groups in total. The first kappa shape index (κ1) is 16.4. The van der Waals surface area contributed by atoms with E-state index in [1.165, 1.54) is 7.11 Å². The number of benzene rings is 1. The van der Waals surface area contributed by atoms with Crippen molar-refractivity contribution in [3.05, 3.63) is 24.3 Å². The van der Waals surface area contributed by atoms with Crippen LogP contribution in [0.2, 0.25) is 0 Å². The van der Waals surface area contributed by atoms with Crippen molar-refractivity contribution in [1.29, 1.82) is 0 Å². The van der Waals surface area contributed by atoms with Gasteiger partial charge in [0.2, 0.25) is 0 Å². The molecule has 0 saturated heterocycles. The van der Waals surface area contributed by atoms with Crippen molar-refractivity contribution >= 4 is 23.5 Å². The number of amides is 3. The highest BCUT2D eigenvalue weighted by Gasteiger charge is 2.09. The molecule has 0 spiro atoms. The molecule has 1 aromatic rings. The van der Waals surface area contributed by atoms with Gasteiger partial charge in [0.05, 0.1) is 7.11 Å². The van der Waals surface area contributed by atoms with Crippen molar-refractivity contribution in [2.75, 3.05) is 17.7 Å². The number of rotatable bonds is 5. The summed E-state index contributed by atoms with van der Waals surface area (Å²) in [5, 5.41) is 8.01. The Morgan fingerprint density at radius 2 is 1.81 bits per heavy atom. The number of carbonyl (C=O) groups is 2. The van der Waals surface area contributed by atoms with Crippen LogP contribution in [-0.4, -0.2) is 25.3 Å². The predicted octanol–water partition coefficient (Wildman–Crippen LogP) is 2.79. The number of anilines is 2. The number of hydrogen-bond acceptors (Lipinski definition) is 3. The Balaban J connectivity index is 2.53. The summed E-state index contributed by atoms with van der Waals surface area (Å²) in [5.74, 6) is 2.52. The number of methoxy groups -OCH3 is 1. The predicted molar refractivity (Wildman–Crippen MR) is 82.2 cm³/mol. The van der Waals surface area contributed by atoms with Gasteiger partial charge < -0.3 is 15.4 Å². The average Bonchev–Trinajstić information content (AvgIpc) is 2.48. The van der Waals surface area contributed by atoms with E-state index in [1.807, 2.05) is 6.92 Å². The Morgan fingerprint density at radius 1 is 1.24 bits per heavy atom. The fraction of sp³-hybridized carbons (Fsp3) is 0.333. The Kier molecular flexibility index (Phi) is 6.61. The summed E-state index contributed by atoms with van der Waals surface area (Å²) in [7, 11) is 1.29. The lowest BCUT2D eigenvalue weighted by Crippen LogP contribution is -2.37. The minimum Gasteiger partial charge on any atom is -0.453 e. The van der Waals surface area contributed by atoms with Crippen LogP contribution in [0, 0.1) is 12.3 Å². The van der Waals surface area contributed by atoms with E-state index < -0.39 is 6.09 Å². The van der Waals surface area contributed by atoms with E-state index in [2.05, 4.69) is 26.6 Å². The molecular formula is C15H19N3O3. The number of terminal acetylenes is 1. The highest BCUT2D eigenvalue weighted by molar-refractivity contribution is 5.90. The zero-order valence-corrected chi connectivity index (χ0v) is 12.1. The molecule has 0 saturated carbocycles. The molecule has 21 heavy (non-hydrogen) atoms. The largest absolute Gasteiger partial charge is 0.453 e. The third-order valence-corrected chi connectivity index (χ3v) is 2.77. The quantitative estimate of drug-likeness (QED) is 0.729. The van der Waals surface area contributed by atoms with Crippen LogP contribution >= 0.6 is 0 Å². The van der Waals surface area contributed by atoms with Crippen molar-refractivity contribution < 1.29 is 14.3 Å². The minimum atomic E-state index is -0.548. The summed E-state index contributed by atoms with van der Waals surface area (Å²) in [6.07, 6.45) is 5.94. The average molecular weight is 289 g/mol. The van der Waals surface area contributed by atoms with Gasteiger partial charge in [0.15, 0.2) is 0 Å². The second kappa shape index (κ2) is 8.48. The summed E-state index contributed by atoms with van der Waals surface area (Å²) in [6, 6.07) is 6.30. The molecule has 0 radical (unpaired) electrons. The van der Waals surface area contributed by atoms with E-state index in [4.69, 9.17) is 6.42 Å². The van der Waals surface area contributed by atoms with E-state index in [0.717, 1.165) is 6.42 Å². The maximum atomic E-state index is 11.8. The van der Waals surface area contributed by atoms with Gasteiger partial charge in [0.25, 0.3) is 0 Å². The lowest BCUT2D eigenvalue weighted by molar-refractivity contribution is 0.187. The molecular weight excluding hydrogens is 270 g/mol. The monoisotopic (exact) mass is 289 g/mol. The fourth-order valence-corrected chi connectivity index (χ4v) is 1.60.